The van der Waals surface area contributed by atoms with Crippen LogP contribution in [0.15, 0.2) is 18.2 Å². The molecule has 0 amide bonds. The minimum Gasteiger partial charge on any atom is -0.481 e. The third-order valence-electron chi connectivity index (χ3n) is 2.17. The zero-order valence-electron chi connectivity index (χ0n) is 8.64. The van der Waals surface area contributed by atoms with Crippen LogP contribution in [0.2, 0.25) is 0 Å². The Bertz CT molecular complexity index is 414. The zero-order chi connectivity index (χ0) is 12.1. The first-order chi connectivity index (χ1) is 7.49. The van der Waals surface area contributed by atoms with Gasteiger partial charge < -0.3 is 15.9 Å². The third-order valence-corrected chi connectivity index (χ3v) is 2.17. The summed E-state index contributed by atoms with van der Waals surface area (Å²) in [5, 5.41) is 17.2. The number of aryl methyl sites for hydroxylation is 1. The van der Waals surface area contributed by atoms with E-state index in [2.05, 4.69) is 0 Å². The molecule has 1 rings (SSSR count). The first-order valence-electron chi connectivity index (χ1n) is 4.80. The van der Waals surface area contributed by atoms with Crippen LogP contribution < -0.4 is 5.73 Å². The van der Waals surface area contributed by atoms with Crippen molar-refractivity contribution >= 4 is 17.6 Å². The molecule has 0 aliphatic carbocycles. The van der Waals surface area contributed by atoms with Crippen molar-refractivity contribution in [2.75, 3.05) is 5.73 Å². The number of rotatable bonds is 5. The van der Waals surface area contributed by atoms with Crippen LogP contribution in [0.5, 0.6) is 0 Å². The van der Waals surface area contributed by atoms with E-state index in [0.717, 1.165) is 0 Å². The van der Waals surface area contributed by atoms with Crippen LogP contribution in [0.1, 0.15) is 17.5 Å². The number of carboxylic acid groups (broad SMARTS) is 2. The Morgan fingerprint density at radius 1 is 1.19 bits per heavy atom. The van der Waals surface area contributed by atoms with Crippen LogP contribution in [0.4, 0.5) is 5.69 Å². The lowest BCUT2D eigenvalue weighted by atomic mass is 10.0. The van der Waals surface area contributed by atoms with Crippen molar-refractivity contribution in [3.63, 3.8) is 0 Å². The molecule has 0 atom stereocenters. The van der Waals surface area contributed by atoms with Crippen molar-refractivity contribution in [2.24, 2.45) is 0 Å². The van der Waals surface area contributed by atoms with Crippen LogP contribution in [-0.4, -0.2) is 22.2 Å². The number of nitrogen functional groups attached to an aromatic ring is 1. The minimum absolute atomic E-state index is 0.0132. The van der Waals surface area contributed by atoms with Crippen molar-refractivity contribution in [3.05, 3.63) is 29.3 Å². The average Bonchev–Trinajstić information content (AvgIpc) is 2.18. The molecule has 1 aromatic rings. The van der Waals surface area contributed by atoms with Gasteiger partial charge in [-0.3, -0.25) is 9.59 Å². The molecule has 5 heteroatoms. The van der Waals surface area contributed by atoms with E-state index in [9.17, 15) is 9.59 Å². The predicted molar refractivity (Wildman–Crippen MR) is 58.2 cm³/mol. The molecule has 0 fully saturated rings. The average molecular weight is 223 g/mol. The molecule has 0 heterocycles. The van der Waals surface area contributed by atoms with Crippen molar-refractivity contribution < 1.29 is 19.8 Å². The van der Waals surface area contributed by atoms with Gasteiger partial charge in [0.1, 0.15) is 0 Å². The highest BCUT2D eigenvalue weighted by atomic mass is 16.4. The van der Waals surface area contributed by atoms with Gasteiger partial charge in [-0.2, -0.15) is 0 Å². The largest absolute Gasteiger partial charge is 0.481 e. The summed E-state index contributed by atoms with van der Waals surface area (Å²) in [6, 6.07) is 4.88. The van der Waals surface area contributed by atoms with Gasteiger partial charge in [0.15, 0.2) is 0 Å². The molecule has 0 saturated heterocycles. The monoisotopic (exact) mass is 223 g/mol. The number of hydrogen-bond acceptors (Lipinski definition) is 3. The molecule has 0 saturated carbocycles. The van der Waals surface area contributed by atoms with Gasteiger partial charge in [-0.25, -0.2) is 0 Å². The van der Waals surface area contributed by atoms with Gasteiger partial charge in [0.2, 0.25) is 0 Å². The number of nitrogens with two attached hydrogens (primary N) is 1. The summed E-state index contributed by atoms with van der Waals surface area (Å²) in [7, 11) is 0. The van der Waals surface area contributed by atoms with Crippen LogP contribution >= 0.6 is 0 Å². The standard InChI is InChI=1S/C11H13NO4/c12-9-3-1-7(6-11(15)16)5-8(9)2-4-10(13)14/h1,3,5H,2,4,6,12H2,(H,13,14)(H,15,16). The number of carbonyl (C=O) groups is 2. The van der Waals surface area contributed by atoms with E-state index in [4.69, 9.17) is 15.9 Å². The topological polar surface area (TPSA) is 101 Å². The van der Waals surface area contributed by atoms with E-state index in [-0.39, 0.29) is 12.8 Å². The molecule has 4 N–H and O–H groups in total. The fourth-order valence-corrected chi connectivity index (χ4v) is 1.40. The highest BCUT2D eigenvalue weighted by molar-refractivity contribution is 5.71. The van der Waals surface area contributed by atoms with E-state index < -0.39 is 11.9 Å². The van der Waals surface area contributed by atoms with Crippen LogP contribution in [0.3, 0.4) is 0 Å². The normalized spacial score (nSPS) is 10.0. The van der Waals surface area contributed by atoms with Crippen LogP contribution in [0, 0.1) is 0 Å². The Kier molecular flexibility index (Phi) is 3.88. The van der Waals surface area contributed by atoms with Gasteiger partial charge >= 0.3 is 11.9 Å². The van der Waals surface area contributed by atoms with Gasteiger partial charge in [-0.15, -0.1) is 0 Å². The van der Waals surface area contributed by atoms with Gasteiger partial charge in [0.05, 0.1) is 6.42 Å². The maximum absolute atomic E-state index is 10.5. The van der Waals surface area contributed by atoms with Gasteiger partial charge in [-0.1, -0.05) is 12.1 Å². The van der Waals surface area contributed by atoms with E-state index in [1.54, 1.807) is 18.2 Å². The highest BCUT2D eigenvalue weighted by Gasteiger charge is 2.06. The highest BCUT2D eigenvalue weighted by Crippen LogP contribution is 2.16. The molecule has 0 aliphatic heterocycles. The maximum Gasteiger partial charge on any atom is 0.307 e. The second-order valence-electron chi connectivity index (χ2n) is 3.50. The van der Waals surface area contributed by atoms with Gasteiger partial charge in [-0.05, 0) is 23.6 Å². The molecule has 0 aliphatic rings. The number of anilines is 1. The number of benzene rings is 1. The Labute approximate surface area is 92.5 Å². The van der Waals surface area contributed by atoms with Crippen molar-refractivity contribution in [2.45, 2.75) is 19.3 Å². The Balaban J connectivity index is 2.81. The molecule has 0 spiro atoms. The summed E-state index contributed by atoms with van der Waals surface area (Å²) >= 11 is 0. The third kappa shape index (κ3) is 3.61. The lowest BCUT2D eigenvalue weighted by Gasteiger charge is -2.06. The molecule has 0 radical (unpaired) electrons. The van der Waals surface area contributed by atoms with Crippen LogP contribution in [-0.2, 0) is 22.4 Å². The molecule has 86 valence electrons. The molecular weight excluding hydrogens is 210 g/mol. The SMILES string of the molecule is Nc1ccc(CC(=O)O)cc1CCC(=O)O. The first-order valence-corrected chi connectivity index (χ1v) is 4.80. The molecule has 0 unspecified atom stereocenters. The predicted octanol–water partition coefficient (Wildman–Crippen LogP) is 0.913. The fraction of sp³-hybridized carbons (Fsp3) is 0.273. The number of carboxylic acids is 2. The molecule has 16 heavy (non-hydrogen) atoms. The zero-order valence-corrected chi connectivity index (χ0v) is 8.64. The number of aliphatic carboxylic acids is 2. The van der Waals surface area contributed by atoms with E-state index in [1.165, 1.54) is 0 Å². The summed E-state index contributed by atoms with van der Waals surface area (Å²) in [4.78, 5) is 20.9. The lowest BCUT2D eigenvalue weighted by Crippen LogP contribution is -2.04. The van der Waals surface area contributed by atoms with Crippen molar-refractivity contribution in [1.29, 1.82) is 0 Å². The van der Waals surface area contributed by atoms with E-state index >= 15 is 0 Å². The molecule has 0 aromatic heterocycles. The fourth-order valence-electron chi connectivity index (χ4n) is 1.40. The summed E-state index contributed by atoms with van der Waals surface area (Å²) < 4.78 is 0. The van der Waals surface area contributed by atoms with E-state index in [0.29, 0.717) is 23.2 Å². The number of hydrogen-bond donors (Lipinski definition) is 3. The van der Waals surface area contributed by atoms with Crippen molar-refractivity contribution in [3.8, 4) is 0 Å². The smallest absolute Gasteiger partial charge is 0.307 e. The molecule has 5 nitrogen and oxygen atoms in total. The second-order valence-corrected chi connectivity index (χ2v) is 3.50. The Hall–Kier alpha value is -2.04. The summed E-state index contributed by atoms with van der Waals surface area (Å²) in [5.74, 6) is -1.82. The summed E-state index contributed by atoms with van der Waals surface area (Å²) in [6.45, 7) is 0. The molecular formula is C11H13NO4. The van der Waals surface area contributed by atoms with Crippen molar-refractivity contribution in [1.82, 2.24) is 0 Å². The maximum atomic E-state index is 10.5. The summed E-state index contributed by atoms with van der Waals surface area (Å²) in [5.41, 5.74) is 7.47. The molecule has 1 aromatic carbocycles. The Morgan fingerprint density at radius 3 is 2.44 bits per heavy atom. The lowest BCUT2D eigenvalue weighted by molar-refractivity contribution is -0.137. The van der Waals surface area contributed by atoms with E-state index in [1.807, 2.05) is 0 Å². The molecule has 0 bridgehead atoms. The summed E-state index contributed by atoms with van der Waals surface area (Å²) in [6.07, 6.45) is 0.218. The van der Waals surface area contributed by atoms with Gasteiger partial charge in [0, 0.05) is 12.1 Å². The Morgan fingerprint density at radius 2 is 1.88 bits per heavy atom. The van der Waals surface area contributed by atoms with Crippen LogP contribution in [0.25, 0.3) is 0 Å². The first kappa shape index (κ1) is 12.0. The second kappa shape index (κ2) is 5.16. The quantitative estimate of drug-likeness (QED) is 0.644. The van der Waals surface area contributed by atoms with Gasteiger partial charge in [0.25, 0.3) is 0 Å². The minimum atomic E-state index is -0.922.